The first-order valence-electron chi connectivity index (χ1n) is 7.09. The smallest absolute Gasteiger partial charge is 0.00952 e. The van der Waals surface area contributed by atoms with E-state index in [9.17, 15) is 0 Å². The van der Waals surface area contributed by atoms with Crippen LogP contribution in [0.1, 0.15) is 46.5 Å². The molecule has 16 heavy (non-hydrogen) atoms. The van der Waals surface area contributed by atoms with Gasteiger partial charge in [-0.15, -0.1) is 0 Å². The second-order valence-electron chi connectivity index (χ2n) is 5.52. The van der Waals surface area contributed by atoms with Gasteiger partial charge in [0.1, 0.15) is 0 Å². The molecule has 1 rings (SSSR count). The first-order chi connectivity index (χ1) is 7.71. The van der Waals surface area contributed by atoms with Crippen molar-refractivity contribution < 1.29 is 0 Å². The molecule has 1 saturated heterocycles. The van der Waals surface area contributed by atoms with E-state index in [1.54, 1.807) is 0 Å². The second kappa shape index (κ2) is 7.29. The lowest BCUT2D eigenvalue weighted by Gasteiger charge is -2.29. The van der Waals surface area contributed by atoms with E-state index in [2.05, 4.69) is 38.0 Å². The summed E-state index contributed by atoms with van der Waals surface area (Å²) in [5.74, 6) is 1.77. The minimum Gasteiger partial charge on any atom is -0.319 e. The molecule has 1 aliphatic rings. The molecular formula is C14H30N2. The molecule has 0 aromatic carbocycles. The maximum Gasteiger partial charge on any atom is 0.00952 e. The van der Waals surface area contributed by atoms with Crippen molar-refractivity contribution in [2.24, 2.45) is 11.8 Å². The average Bonchev–Trinajstić information content (AvgIpc) is 2.74. The monoisotopic (exact) mass is 226 g/mol. The van der Waals surface area contributed by atoms with Crippen molar-refractivity contribution >= 4 is 0 Å². The molecule has 1 N–H and O–H groups in total. The summed E-state index contributed by atoms with van der Waals surface area (Å²) in [6, 6.07) is 0.830. The third-order valence-corrected chi connectivity index (χ3v) is 4.17. The molecular weight excluding hydrogens is 196 g/mol. The molecule has 2 nitrogen and oxygen atoms in total. The zero-order chi connectivity index (χ0) is 12.0. The van der Waals surface area contributed by atoms with Gasteiger partial charge in [0.25, 0.3) is 0 Å². The fraction of sp³-hybridized carbons (Fsp3) is 1.00. The minimum absolute atomic E-state index is 0.830. The molecule has 1 aliphatic heterocycles. The topological polar surface area (TPSA) is 15.3 Å². The molecule has 1 fully saturated rings. The number of likely N-dealkylation sites (tertiary alicyclic amines) is 1. The highest BCUT2D eigenvalue weighted by atomic mass is 15.2. The molecule has 96 valence electrons. The Morgan fingerprint density at radius 1 is 1.31 bits per heavy atom. The fourth-order valence-electron chi connectivity index (χ4n) is 2.85. The van der Waals surface area contributed by atoms with E-state index in [0.29, 0.717) is 0 Å². The summed E-state index contributed by atoms with van der Waals surface area (Å²) in [6.45, 7) is 10.9. The van der Waals surface area contributed by atoms with Crippen LogP contribution in [0.15, 0.2) is 0 Å². The Morgan fingerprint density at radius 3 is 2.62 bits per heavy atom. The molecule has 0 aromatic rings. The van der Waals surface area contributed by atoms with Crippen LogP contribution in [-0.2, 0) is 0 Å². The van der Waals surface area contributed by atoms with Crippen LogP contribution in [0.4, 0.5) is 0 Å². The molecule has 2 heteroatoms. The van der Waals surface area contributed by atoms with Gasteiger partial charge in [-0.25, -0.2) is 0 Å². The summed E-state index contributed by atoms with van der Waals surface area (Å²) in [4.78, 5) is 2.73. The van der Waals surface area contributed by atoms with E-state index < -0.39 is 0 Å². The van der Waals surface area contributed by atoms with Crippen molar-refractivity contribution in [3.8, 4) is 0 Å². The molecule has 0 aromatic heterocycles. The molecule has 0 spiro atoms. The Hall–Kier alpha value is -0.0800. The normalized spacial score (nSPS) is 25.9. The van der Waals surface area contributed by atoms with Crippen molar-refractivity contribution in [2.75, 3.05) is 26.7 Å². The van der Waals surface area contributed by atoms with Gasteiger partial charge in [-0.05, 0) is 51.2 Å². The maximum atomic E-state index is 3.31. The number of hydrogen-bond donors (Lipinski definition) is 1. The third-order valence-electron chi connectivity index (χ3n) is 4.17. The minimum atomic E-state index is 0.830. The number of hydrogen-bond acceptors (Lipinski definition) is 2. The van der Waals surface area contributed by atoms with E-state index >= 15 is 0 Å². The quantitative estimate of drug-likeness (QED) is 0.718. The lowest BCUT2D eigenvalue weighted by atomic mass is 9.97. The molecule has 0 radical (unpaired) electrons. The Balaban J connectivity index is 2.36. The second-order valence-corrected chi connectivity index (χ2v) is 5.52. The zero-order valence-electron chi connectivity index (χ0n) is 11.6. The predicted octanol–water partition coefficient (Wildman–Crippen LogP) is 2.74. The summed E-state index contributed by atoms with van der Waals surface area (Å²) in [5.41, 5.74) is 0. The van der Waals surface area contributed by atoms with Crippen LogP contribution < -0.4 is 5.32 Å². The van der Waals surface area contributed by atoms with Gasteiger partial charge in [0.05, 0.1) is 0 Å². The highest BCUT2D eigenvalue weighted by molar-refractivity contribution is 4.82. The first-order valence-corrected chi connectivity index (χ1v) is 7.09. The fourth-order valence-corrected chi connectivity index (χ4v) is 2.85. The standard InChI is InChI=1S/C14H30N2/c1-5-12(3)9-14(6-2)16-8-7-13(11-16)10-15-4/h12-15H,5-11H2,1-4H3. The predicted molar refractivity (Wildman–Crippen MR) is 71.8 cm³/mol. The van der Waals surface area contributed by atoms with E-state index in [4.69, 9.17) is 0 Å². The van der Waals surface area contributed by atoms with Crippen molar-refractivity contribution in [2.45, 2.75) is 52.5 Å². The van der Waals surface area contributed by atoms with Gasteiger partial charge in [-0.1, -0.05) is 27.2 Å². The molecule has 0 aliphatic carbocycles. The Kier molecular flexibility index (Phi) is 6.37. The number of nitrogens with zero attached hydrogens (tertiary/aromatic N) is 1. The highest BCUT2D eigenvalue weighted by Gasteiger charge is 2.27. The maximum absolute atomic E-state index is 3.31. The van der Waals surface area contributed by atoms with Crippen molar-refractivity contribution in [1.29, 1.82) is 0 Å². The SMILES string of the molecule is CCC(C)CC(CC)N1CCC(CNC)C1. The van der Waals surface area contributed by atoms with Crippen LogP contribution in [0.5, 0.6) is 0 Å². The lowest BCUT2D eigenvalue weighted by molar-refractivity contribution is 0.195. The summed E-state index contributed by atoms with van der Waals surface area (Å²) in [6.07, 6.45) is 5.41. The van der Waals surface area contributed by atoms with E-state index in [-0.39, 0.29) is 0 Å². The summed E-state index contributed by atoms with van der Waals surface area (Å²) in [5, 5.41) is 3.31. The Bertz CT molecular complexity index is 182. The third kappa shape index (κ3) is 4.06. The van der Waals surface area contributed by atoms with Gasteiger partial charge < -0.3 is 10.2 Å². The van der Waals surface area contributed by atoms with Crippen LogP contribution >= 0.6 is 0 Å². The van der Waals surface area contributed by atoms with E-state index in [1.807, 2.05) is 0 Å². The van der Waals surface area contributed by atoms with Gasteiger partial charge in [0, 0.05) is 12.6 Å². The van der Waals surface area contributed by atoms with Gasteiger partial charge >= 0.3 is 0 Å². The molecule has 3 unspecified atom stereocenters. The number of nitrogens with one attached hydrogen (secondary N) is 1. The first kappa shape index (κ1) is 14.0. The van der Waals surface area contributed by atoms with Crippen molar-refractivity contribution in [3.63, 3.8) is 0 Å². The average molecular weight is 226 g/mol. The summed E-state index contributed by atoms with van der Waals surface area (Å²) < 4.78 is 0. The number of rotatable bonds is 7. The summed E-state index contributed by atoms with van der Waals surface area (Å²) >= 11 is 0. The van der Waals surface area contributed by atoms with Crippen LogP contribution in [0.25, 0.3) is 0 Å². The van der Waals surface area contributed by atoms with E-state index in [1.165, 1.54) is 45.3 Å². The molecule has 0 amide bonds. The largest absolute Gasteiger partial charge is 0.319 e. The molecule has 1 heterocycles. The Morgan fingerprint density at radius 2 is 2.06 bits per heavy atom. The molecule has 0 saturated carbocycles. The van der Waals surface area contributed by atoms with Gasteiger partial charge in [0.15, 0.2) is 0 Å². The van der Waals surface area contributed by atoms with E-state index in [0.717, 1.165) is 17.9 Å². The highest BCUT2D eigenvalue weighted by Crippen LogP contribution is 2.24. The van der Waals surface area contributed by atoms with Crippen LogP contribution in [-0.4, -0.2) is 37.6 Å². The van der Waals surface area contributed by atoms with Crippen molar-refractivity contribution in [3.05, 3.63) is 0 Å². The lowest BCUT2D eigenvalue weighted by Crippen LogP contribution is -2.35. The van der Waals surface area contributed by atoms with Crippen molar-refractivity contribution in [1.82, 2.24) is 10.2 Å². The zero-order valence-corrected chi connectivity index (χ0v) is 11.6. The summed E-state index contributed by atoms with van der Waals surface area (Å²) in [7, 11) is 2.07. The molecule has 3 atom stereocenters. The Labute approximate surface area is 102 Å². The van der Waals surface area contributed by atoms with Gasteiger partial charge in [0.2, 0.25) is 0 Å². The van der Waals surface area contributed by atoms with Gasteiger partial charge in [-0.2, -0.15) is 0 Å². The molecule has 0 bridgehead atoms. The van der Waals surface area contributed by atoms with Crippen LogP contribution in [0, 0.1) is 11.8 Å². The van der Waals surface area contributed by atoms with Crippen LogP contribution in [0.3, 0.4) is 0 Å². The van der Waals surface area contributed by atoms with Gasteiger partial charge in [-0.3, -0.25) is 0 Å². The van der Waals surface area contributed by atoms with Crippen LogP contribution in [0.2, 0.25) is 0 Å².